The molecule has 2 nitrogen and oxygen atoms in total. The number of fused-ring (bicyclic) bond motifs is 2. The van der Waals surface area contributed by atoms with Crippen LogP contribution in [0.3, 0.4) is 0 Å². The van der Waals surface area contributed by atoms with Crippen LogP contribution in [-0.2, 0) is 5.41 Å². The van der Waals surface area contributed by atoms with Gasteiger partial charge in [-0.05, 0) is 23.3 Å². The average molecular weight is 295 g/mol. The third-order valence-corrected chi connectivity index (χ3v) is 4.79. The number of benzene rings is 2. The lowest BCUT2D eigenvalue weighted by Crippen LogP contribution is -3.05. The molecule has 2 aromatic rings. The Morgan fingerprint density at radius 2 is 1.36 bits per heavy atom. The summed E-state index contributed by atoms with van der Waals surface area (Å²) in [4.78, 5) is 4.03. The lowest BCUT2D eigenvalue weighted by atomic mass is 9.73. The lowest BCUT2D eigenvalue weighted by molar-refractivity contribution is -0.858. The third-order valence-electron chi connectivity index (χ3n) is 4.79. The maximum absolute atomic E-state index is 2.51. The molecule has 0 fully saturated rings. The maximum Gasteiger partial charge on any atom is 0.0784 e. The number of nitrogens with one attached hydrogen (secondary N) is 1. The second kappa shape index (κ2) is 5.77. The van der Waals surface area contributed by atoms with E-state index in [0.717, 1.165) is 6.54 Å². The molecule has 0 aliphatic carbocycles. The zero-order valence-corrected chi connectivity index (χ0v) is 14.2. The lowest BCUT2D eigenvalue weighted by Gasteiger charge is -2.42. The Labute approximate surface area is 134 Å². The van der Waals surface area contributed by atoms with E-state index >= 15 is 0 Å². The summed E-state index contributed by atoms with van der Waals surface area (Å²) >= 11 is 0. The molecular formula is C20H27N2+. The summed E-state index contributed by atoms with van der Waals surface area (Å²) in [6.07, 6.45) is 1.20. The molecule has 1 N–H and O–H groups in total. The van der Waals surface area contributed by atoms with E-state index in [-0.39, 0.29) is 5.41 Å². The van der Waals surface area contributed by atoms with Crippen LogP contribution in [0.2, 0.25) is 0 Å². The first-order valence-corrected chi connectivity index (χ1v) is 8.27. The quantitative estimate of drug-likeness (QED) is 0.911. The Morgan fingerprint density at radius 3 is 1.86 bits per heavy atom. The highest BCUT2D eigenvalue weighted by Gasteiger charge is 2.35. The third kappa shape index (κ3) is 2.52. The van der Waals surface area contributed by atoms with Crippen molar-refractivity contribution in [2.75, 3.05) is 32.1 Å². The molecule has 0 radical (unpaired) electrons. The number of rotatable bonds is 4. The Morgan fingerprint density at radius 1 is 0.864 bits per heavy atom. The molecule has 1 aliphatic heterocycles. The van der Waals surface area contributed by atoms with E-state index in [2.05, 4.69) is 81.4 Å². The van der Waals surface area contributed by atoms with Crippen molar-refractivity contribution >= 4 is 11.4 Å². The number of hydrogen-bond acceptors (Lipinski definition) is 1. The van der Waals surface area contributed by atoms with E-state index in [1.165, 1.54) is 40.4 Å². The summed E-state index contributed by atoms with van der Waals surface area (Å²) in [6, 6.07) is 17.8. The number of para-hydroxylation sites is 2. The van der Waals surface area contributed by atoms with Crippen molar-refractivity contribution in [2.45, 2.75) is 25.7 Å². The topological polar surface area (TPSA) is 7.68 Å². The minimum absolute atomic E-state index is 0.0660. The number of hydrogen-bond donors (Lipinski definition) is 1. The number of nitrogens with zero attached hydrogens (tertiary/aromatic N) is 1. The van der Waals surface area contributed by atoms with Gasteiger partial charge in [-0.1, -0.05) is 50.2 Å². The highest BCUT2D eigenvalue weighted by Crippen LogP contribution is 2.48. The normalized spacial score (nSPS) is 15.6. The van der Waals surface area contributed by atoms with Gasteiger partial charge >= 0.3 is 0 Å². The van der Waals surface area contributed by atoms with Gasteiger partial charge in [-0.3, -0.25) is 0 Å². The molecule has 1 aliphatic rings. The second-order valence-electron chi connectivity index (χ2n) is 7.12. The Kier molecular flexibility index (Phi) is 3.96. The van der Waals surface area contributed by atoms with Crippen molar-refractivity contribution in [3.8, 4) is 0 Å². The van der Waals surface area contributed by atoms with Crippen LogP contribution in [0.15, 0.2) is 48.5 Å². The van der Waals surface area contributed by atoms with Crippen LogP contribution in [0, 0.1) is 0 Å². The molecule has 0 atom stereocenters. The molecule has 0 aromatic heterocycles. The molecule has 0 saturated heterocycles. The molecule has 116 valence electrons. The zero-order chi connectivity index (χ0) is 15.7. The number of quaternary nitrogens is 1. The minimum atomic E-state index is 0.0660. The van der Waals surface area contributed by atoms with E-state index in [4.69, 9.17) is 0 Å². The standard InChI is InChI=1S/C20H26N2/c1-20(2)16-10-5-7-12-18(16)22(15-9-14-21(3)4)19-13-8-6-11-17(19)20/h5-8,10-13H,9,14-15H2,1-4H3/p+1. The van der Waals surface area contributed by atoms with Crippen molar-refractivity contribution < 1.29 is 4.90 Å². The van der Waals surface area contributed by atoms with Gasteiger partial charge in [0.05, 0.1) is 20.6 Å². The Balaban J connectivity index is 2.04. The van der Waals surface area contributed by atoms with Gasteiger partial charge < -0.3 is 9.80 Å². The highest BCUT2D eigenvalue weighted by atomic mass is 15.2. The summed E-state index contributed by atoms with van der Waals surface area (Å²) in [5.41, 5.74) is 5.69. The van der Waals surface area contributed by atoms with Gasteiger partial charge in [0.2, 0.25) is 0 Å². The first-order valence-electron chi connectivity index (χ1n) is 8.27. The molecule has 1 heterocycles. The van der Waals surface area contributed by atoms with E-state index in [9.17, 15) is 0 Å². The molecular weight excluding hydrogens is 268 g/mol. The number of anilines is 2. The second-order valence-corrected chi connectivity index (χ2v) is 7.12. The highest BCUT2D eigenvalue weighted by molar-refractivity contribution is 5.77. The van der Waals surface area contributed by atoms with Crippen molar-refractivity contribution in [1.82, 2.24) is 0 Å². The van der Waals surface area contributed by atoms with Crippen molar-refractivity contribution in [3.63, 3.8) is 0 Å². The van der Waals surface area contributed by atoms with Gasteiger partial charge in [-0.2, -0.15) is 0 Å². The SMILES string of the molecule is C[NH+](C)CCCN1c2ccccc2C(C)(C)c2ccccc21. The fraction of sp³-hybridized carbons (Fsp3) is 0.400. The molecule has 2 aromatic carbocycles. The maximum atomic E-state index is 2.51. The average Bonchev–Trinajstić information content (AvgIpc) is 2.51. The van der Waals surface area contributed by atoms with Gasteiger partial charge in [-0.25, -0.2) is 0 Å². The summed E-state index contributed by atoms with van der Waals surface area (Å²) in [5.74, 6) is 0. The first-order chi connectivity index (χ1) is 10.5. The predicted molar refractivity (Wildman–Crippen MR) is 94.3 cm³/mol. The minimum Gasteiger partial charge on any atom is -0.341 e. The van der Waals surface area contributed by atoms with Gasteiger partial charge in [0.1, 0.15) is 0 Å². The van der Waals surface area contributed by atoms with Gasteiger partial charge in [-0.15, -0.1) is 0 Å². The first kappa shape index (κ1) is 15.1. The van der Waals surface area contributed by atoms with E-state index in [1.54, 1.807) is 0 Å². The molecule has 0 unspecified atom stereocenters. The molecule has 0 bridgehead atoms. The molecule has 0 amide bonds. The molecule has 0 spiro atoms. The summed E-state index contributed by atoms with van der Waals surface area (Å²) in [5, 5.41) is 0. The van der Waals surface area contributed by atoms with Crippen LogP contribution in [0.25, 0.3) is 0 Å². The van der Waals surface area contributed by atoms with Gasteiger partial charge in [0.15, 0.2) is 0 Å². The predicted octanol–water partition coefficient (Wildman–Crippen LogP) is 3.00. The molecule has 2 heteroatoms. The summed E-state index contributed by atoms with van der Waals surface area (Å²) in [7, 11) is 4.45. The smallest absolute Gasteiger partial charge is 0.0784 e. The summed E-state index contributed by atoms with van der Waals surface area (Å²) in [6.45, 7) is 6.96. The summed E-state index contributed by atoms with van der Waals surface area (Å²) < 4.78 is 0. The Hall–Kier alpha value is -1.80. The van der Waals surface area contributed by atoms with Crippen LogP contribution < -0.4 is 9.80 Å². The van der Waals surface area contributed by atoms with Gasteiger partial charge in [0.25, 0.3) is 0 Å². The fourth-order valence-corrected chi connectivity index (χ4v) is 3.58. The monoisotopic (exact) mass is 295 g/mol. The van der Waals surface area contributed by atoms with Crippen LogP contribution in [0.4, 0.5) is 11.4 Å². The van der Waals surface area contributed by atoms with Crippen LogP contribution in [-0.4, -0.2) is 27.2 Å². The fourth-order valence-electron chi connectivity index (χ4n) is 3.58. The van der Waals surface area contributed by atoms with Crippen LogP contribution >= 0.6 is 0 Å². The molecule has 22 heavy (non-hydrogen) atoms. The van der Waals surface area contributed by atoms with Crippen molar-refractivity contribution in [3.05, 3.63) is 59.7 Å². The van der Waals surface area contributed by atoms with Crippen molar-refractivity contribution in [2.24, 2.45) is 0 Å². The van der Waals surface area contributed by atoms with Crippen LogP contribution in [0.5, 0.6) is 0 Å². The molecule has 3 rings (SSSR count). The van der Waals surface area contributed by atoms with Gasteiger partial charge in [0, 0.05) is 29.8 Å². The Bertz CT molecular complexity index is 609. The zero-order valence-electron chi connectivity index (χ0n) is 14.2. The largest absolute Gasteiger partial charge is 0.341 e. The van der Waals surface area contributed by atoms with E-state index < -0.39 is 0 Å². The molecule has 0 saturated carbocycles. The van der Waals surface area contributed by atoms with Crippen molar-refractivity contribution in [1.29, 1.82) is 0 Å². The van der Waals surface area contributed by atoms with E-state index in [1.807, 2.05) is 0 Å². The van der Waals surface area contributed by atoms with E-state index in [0.29, 0.717) is 0 Å². The van der Waals surface area contributed by atoms with Crippen LogP contribution in [0.1, 0.15) is 31.4 Å².